The lowest BCUT2D eigenvalue weighted by molar-refractivity contribution is 0.0525. The molecule has 160 valence electrons. The number of carbonyl (C=O) groups is 2. The van der Waals surface area contributed by atoms with Crippen molar-refractivity contribution in [3.8, 4) is 0 Å². The van der Waals surface area contributed by atoms with Crippen LogP contribution in [0, 0.1) is 11.6 Å². The van der Waals surface area contributed by atoms with Crippen LogP contribution in [0.5, 0.6) is 0 Å². The van der Waals surface area contributed by atoms with Gasteiger partial charge in [-0.1, -0.05) is 18.2 Å². The number of carbonyl (C=O) groups excluding carboxylic acids is 2. The van der Waals surface area contributed by atoms with Gasteiger partial charge in [0.2, 0.25) is 0 Å². The number of fused-ring (bicyclic) bond motifs is 1. The van der Waals surface area contributed by atoms with Gasteiger partial charge in [-0.15, -0.1) is 0 Å². The van der Waals surface area contributed by atoms with Crippen LogP contribution in [0.4, 0.5) is 14.5 Å². The lowest BCUT2D eigenvalue weighted by Gasteiger charge is -2.37. The van der Waals surface area contributed by atoms with Crippen LogP contribution < -0.4 is 4.90 Å². The maximum atomic E-state index is 13.5. The average Bonchev–Trinajstić information content (AvgIpc) is 2.80. The molecule has 1 aliphatic rings. The molecule has 1 amide bonds. The van der Waals surface area contributed by atoms with Gasteiger partial charge in [-0.2, -0.15) is 0 Å². The molecule has 0 spiro atoms. The van der Waals surface area contributed by atoms with Gasteiger partial charge in [0.15, 0.2) is 11.6 Å². The van der Waals surface area contributed by atoms with Crippen molar-refractivity contribution in [3.05, 3.63) is 71.4 Å². The maximum absolute atomic E-state index is 13.5. The summed E-state index contributed by atoms with van der Waals surface area (Å²) < 4.78 is 31.9. The average molecular weight is 425 g/mol. The van der Waals surface area contributed by atoms with Crippen molar-refractivity contribution in [1.29, 1.82) is 0 Å². The van der Waals surface area contributed by atoms with E-state index >= 15 is 0 Å². The summed E-state index contributed by atoms with van der Waals surface area (Å²) >= 11 is 0. The van der Waals surface area contributed by atoms with Gasteiger partial charge in [0.05, 0.1) is 17.8 Å². The van der Waals surface area contributed by atoms with Crippen molar-refractivity contribution in [2.24, 2.45) is 0 Å². The van der Waals surface area contributed by atoms with Crippen LogP contribution in [0.1, 0.15) is 27.6 Å². The summed E-state index contributed by atoms with van der Waals surface area (Å²) in [6.07, 6.45) is 1.52. The minimum absolute atomic E-state index is 0.105. The smallest absolute Gasteiger partial charge is 0.341 e. The number of amides is 1. The Kier molecular flexibility index (Phi) is 5.79. The number of piperazine rings is 1. The Hall–Kier alpha value is -3.55. The summed E-state index contributed by atoms with van der Waals surface area (Å²) in [4.78, 5) is 33.3. The highest BCUT2D eigenvalue weighted by Crippen LogP contribution is 2.31. The zero-order valence-corrected chi connectivity index (χ0v) is 17.0. The molecule has 0 atom stereocenters. The van der Waals surface area contributed by atoms with Gasteiger partial charge in [-0.3, -0.25) is 9.78 Å². The Labute approximate surface area is 178 Å². The molecule has 6 nitrogen and oxygen atoms in total. The fourth-order valence-corrected chi connectivity index (χ4v) is 3.77. The topological polar surface area (TPSA) is 62.7 Å². The first-order valence-electron chi connectivity index (χ1n) is 10.0. The van der Waals surface area contributed by atoms with Crippen LogP contribution in [0.25, 0.3) is 10.9 Å². The van der Waals surface area contributed by atoms with Crippen LogP contribution in [0.15, 0.2) is 48.7 Å². The van der Waals surface area contributed by atoms with Gasteiger partial charge in [0.1, 0.15) is 5.56 Å². The highest BCUT2D eigenvalue weighted by atomic mass is 19.2. The van der Waals surface area contributed by atoms with E-state index in [4.69, 9.17) is 4.74 Å². The summed E-state index contributed by atoms with van der Waals surface area (Å²) in [7, 11) is 0. The first-order valence-corrected chi connectivity index (χ1v) is 10.0. The third kappa shape index (κ3) is 4.05. The molecule has 31 heavy (non-hydrogen) atoms. The van der Waals surface area contributed by atoms with Crippen LogP contribution in [-0.2, 0) is 4.74 Å². The van der Waals surface area contributed by atoms with Gasteiger partial charge in [0.25, 0.3) is 5.91 Å². The van der Waals surface area contributed by atoms with E-state index in [1.54, 1.807) is 11.8 Å². The van der Waals surface area contributed by atoms with Gasteiger partial charge >= 0.3 is 5.97 Å². The molecular formula is C23H21F2N3O3. The zero-order chi connectivity index (χ0) is 22.0. The SMILES string of the molecule is CCOC(=O)c1cnc2ccccc2c1N1CCN(C(=O)c2ccc(F)c(F)c2)CC1. The number of esters is 1. The number of nitrogens with zero attached hydrogens (tertiary/aromatic N) is 3. The molecule has 8 heteroatoms. The molecule has 0 bridgehead atoms. The molecule has 0 saturated carbocycles. The van der Waals surface area contributed by atoms with Crippen molar-refractivity contribution in [1.82, 2.24) is 9.88 Å². The Morgan fingerprint density at radius 3 is 2.48 bits per heavy atom. The quantitative estimate of drug-likeness (QED) is 0.597. The Balaban J connectivity index is 1.59. The maximum Gasteiger partial charge on any atom is 0.341 e. The molecule has 3 aromatic rings. The third-order valence-corrected chi connectivity index (χ3v) is 5.29. The summed E-state index contributed by atoms with van der Waals surface area (Å²) in [6.45, 7) is 3.68. The highest BCUT2D eigenvalue weighted by Gasteiger charge is 2.27. The number of anilines is 1. The van der Waals surface area contributed by atoms with Crippen LogP contribution in [0.3, 0.4) is 0 Å². The second-order valence-corrected chi connectivity index (χ2v) is 7.17. The molecule has 0 N–H and O–H groups in total. The number of halogens is 2. The second-order valence-electron chi connectivity index (χ2n) is 7.17. The summed E-state index contributed by atoms with van der Waals surface area (Å²) in [5.41, 5.74) is 1.96. The van der Waals surface area contributed by atoms with E-state index in [2.05, 4.69) is 4.98 Å². The Morgan fingerprint density at radius 2 is 1.77 bits per heavy atom. The van der Waals surface area contributed by atoms with E-state index < -0.39 is 17.6 Å². The number of hydrogen-bond acceptors (Lipinski definition) is 5. The predicted octanol–water partition coefficient (Wildman–Crippen LogP) is 3.65. The molecule has 1 aromatic heterocycles. The van der Waals surface area contributed by atoms with Crippen molar-refractivity contribution in [2.45, 2.75) is 6.92 Å². The molecule has 0 aliphatic carbocycles. The van der Waals surface area contributed by atoms with Gasteiger partial charge in [-0.05, 0) is 31.2 Å². The molecule has 4 rings (SSSR count). The molecule has 2 aromatic carbocycles. The number of ether oxygens (including phenoxy) is 1. The van der Waals surface area contributed by atoms with Crippen molar-refractivity contribution >= 4 is 28.5 Å². The summed E-state index contributed by atoms with van der Waals surface area (Å²) in [5.74, 6) is -2.84. The molecule has 0 unspecified atom stereocenters. The van der Waals surface area contributed by atoms with E-state index in [0.29, 0.717) is 31.7 Å². The fourth-order valence-electron chi connectivity index (χ4n) is 3.77. The third-order valence-electron chi connectivity index (χ3n) is 5.29. The minimum Gasteiger partial charge on any atom is -0.462 e. The first-order chi connectivity index (χ1) is 15.0. The van der Waals surface area contributed by atoms with E-state index in [0.717, 1.165) is 28.7 Å². The van der Waals surface area contributed by atoms with Gasteiger partial charge < -0.3 is 14.5 Å². The second kappa shape index (κ2) is 8.67. The molecule has 2 heterocycles. The van der Waals surface area contributed by atoms with Crippen molar-refractivity contribution in [2.75, 3.05) is 37.7 Å². The minimum atomic E-state index is -1.05. The van der Waals surface area contributed by atoms with Gasteiger partial charge in [-0.25, -0.2) is 13.6 Å². The molecule has 1 fully saturated rings. The van der Waals surface area contributed by atoms with Crippen LogP contribution in [-0.4, -0.2) is 54.5 Å². The van der Waals surface area contributed by atoms with E-state index in [1.165, 1.54) is 12.3 Å². The van der Waals surface area contributed by atoms with E-state index in [-0.39, 0.29) is 18.1 Å². The molecular weight excluding hydrogens is 404 g/mol. The molecule has 1 aliphatic heterocycles. The van der Waals surface area contributed by atoms with Gasteiger partial charge in [0, 0.05) is 43.3 Å². The fraction of sp³-hybridized carbons (Fsp3) is 0.261. The van der Waals surface area contributed by atoms with E-state index in [9.17, 15) is 18.4 Å². The number of para-hydroxylation sites is 1. The largest absolute Gasteiger partial charge is 0.462 e. The van der Waals surface area contributed by atoms with Crippen LogP contribution in [0.2, 0.25) is 0 Å². The lowest BCUT2D eigenvalue weighted by Crippen LogP contribution is -2.49. The Morgan fingerprint density at radius 1 is 1.03 bits per heavy atom. The van der Waals surface area contributed by atoms with Crippen LogP contribution >= 0.6 is 0 Å². The molecule has 1 saturated heterocycles. The number of hydrogen-bond donors (Lipinski definition) is 0. The standard InChI is InChI=1S/C23H21F2N3O3/c1-2-31-23(30)17-14-26-20-6-4-3-5-16(20)21(17)27-9-11-28(12-10-27)22(29)15-7-8-18(24)19(25)13-15/h3-8,13-14H,2,9-12H2,1H3. The highest BCUT2D eigenvalue weighted by molar-refractivity contribution is 6.05. The Bertz CT molecular complexity index is 1140. The first kappa shape index (κ1) is 20.7. The predicted molar refractivity (Wildman–Crippen MR) is 112 cm³/mol. The summed E-state index contributed by atoms with van der Waals surface area (Å²) in [6, 6.07) is 10.7. The molecule has 0 radical (unpaired) electrons. The number of aromatic nitrogens is 1. The van der Waals surface area contributed by atoms with Crippen molar-refractivity contribution < 1.29 is 23.1 Å². The van der Waals surface area contributed by atoms with E-state index in [1.807, 2.05) is 29.2 Å². The zero-order valence-electron chi connectivity index (χ0n) is 17.0. The lowest BCUT2D eigenvalue weighted by atomic mass is 10.1. The normalized spacial score (nSPS) is 14.0. The number of benzene rings is 2. The monoisotopic (exact) mass is 425 g/mol. The summed E-state index contributed by atoms with van der Waals surface area (Å²) in [5, 5.41) is 0.827. The number of rotatable bonds is 4. The van der Waals surface area contributed by atoms with Crippen molar-refractivity contribution in [3.63, 3.8) is 0 Å². The number of pyridine rings is 1.